The summed E-state index contributed by atoms with van der Waals surface area (Å²) < 4.78 is 23.7. The van der Waals surface area contributed by atoms with Crippen molar-refractivity contribution in [1.82, 2.24) is 14.7 Å². The number of halogens is 1. The lowest BCUT2D eigenvalue weighted by Gasteiger charge is -2.21. The number of hydrogen-bond acceptors (Lipinski definition) is 5. The van der Waals surface area contributed by atoms with E-state index >= 15 is 0 Å². The Balaban J connectivity index is 0.00000484. The molecular formula is C13H26ClN5O3S. The molecule has 23 heavy (non-hydrogen) atoms. The van der Waals surface area contributed by atoms with E-state index in [2.05, 4.69) is 5.10 Å². The molecule has 0 aliphatic carbocycles. The van der Waals surface area contributed by atoms with E-state index in [-0.39, 0.29) is 35.7 Å². The van der Waals surface area contributed by atoms with Crippen LogP contribution in [-0.2, 0) is 21.4 Å². The van der Waals surface area contributed by atoms with Crippen molar-refractivity contribution in [2.45, 2.75) is 44.2 Å². The molecule has 1 aromatic rings. The van der Waals surface area contributed by atoms with Crippen LogP contribution in [0.5, 0.6) is 0 Å². The van der Waals surface area contributed by atoms with Crippen molar-refractivity contribution in [2.75, 3.05) is 13.6 Å². The number of hydrogen-bond donors (Lipinski definition) is 2. The molecule has 0 saturated heterocycles. The maximum atomic E-state index is 12.0. The van der Waals surface area contributed by atoms with Crippen molar-refractivity contribution in [3.63, 3.8) is 0 Å². The van der Waals surface area contributed by atoms with Crippen molar-refractivity contribution in [2.24, 2.45) is 16.8 Å². The number of nitrogens with two attached hydrogens (primary N) is 2. The van der Waals surface area contributed by atoms with Crippen molar-refractivity contribution >= 4 is 28.3 Å². The number of amides is 1. The highest BCUT2D eigenvalue weighted by atomic mass is 35.5. The minimum Gasteiger partial charge on any atom is -0.346 e. The number of carbonyl (C=O) groups is 1. The number of carbonyl (C=O) groups excluding carboxylic acids is 1. The van der Waals surface area contributed by atoms with Crippen LogP contribution in [0.4, 0.5) is 0 Å². The molecule has 1 atom stereocenters. The Hall–Kier alpha value is -1.16. The second kappa shape index (κ2) is 9.21. The lowest BCUT2D eigenvalue weighted by Crippen LogP contribution is -2.35. The molecule has 10 heteroatoms. The smallest absolute Gasteiger partial charge is 0.241 e. The molecule has 8 nitrogen and oxygen atoms in total. The summed E-state index contributed by atoms with van der Waals surface area (Å²) in [5.41, 5.74) is 5.95. The normalized spacial score (nSPS) is 12.8. The van der Waals surface area contributed by atoms with E-state index < -0.39 is 10.0 Å². The van der Waals surface area contributed by atoms with Crippen molar-refractivity contribution < 1.29 is 13.2 Å². The second-order valence-electron chi connectivity index (χ2n) is 5.75. The molecule has 4 N–H and O–H groups in total. The van der Waals surface area contributed by atoms with Gasteiger partial charge in [0.1, 0.15) is 4.90 Å². The molecule has 0 aliphatic heterocycles. The van der Waals surface area contributed by atoms with Gasteiger partial charge in [-0.15, -0.1) is 12.4 Å². The third-order valence-corrected chi connectivity index (χ3v) is 4.44. The monoisotopic (exact) mass is 367 g/mol. The fourth-order valence-corrected chi connectivity index (χ4v) is 2.28. The summed E-state index contributed by atoms with van der Waals surface area (Å²) in [4.78, 5) is 13.6. The van der Waals surface area contributed by atoms with Gasteiger partial charge in [-0.05, 0) is 12.3 Å². The van der Waals surface area contributed by atoms with Crippen LogP contribution in [0, 0.1) is 5.92 Å². The first kappa shape index (κ1) is 21.8. The Bertz CT molecular complexity index is 603. The lowest BCUT2D eigenvalue weighted by atomic mass is 10.0. The van der Waals surface area contributed by atoms with Gasteiger partial charge in [0.05, 0.1) is 6.20 Å². The van der Waals surface area contributed by atoms with Crippen molar-refractivity contribution in [3.05, 3.63) is 12.4 Å². The first-order valence-corrected chi connectivity index (χ1v) is 8.70. The van der Waals surface area contributed by atoms with Crippen LogP contribution >= 0.6 is 12.4 Å². The molecule has 0 saturated carbocycles. The molecule has 0 bridgehead atoms. The van der Waals surface area contributed by atoms with Crippen LogP contribution in [0.1, 0.15) is 26.7 Å². The molecule has 0 fully saturated rings. The van der Waals surface area contributed by atoms with Crippen molar-refractivity contribution in [3.8, 4) is 0 Å². The molecule has 0 radical (unpaired) electrons. The summed E-state index contributed by atoms with van der Waals surface area (Å²) in [6.45, 7) is 5.00. The van der Waals surface area contributed by atoms with Crippen LogP contribution < -0.4 is 10.9 Å². The molecule has 0 aromatic carbocycles. The van der Waals surface area contributed by atoms with Gasteiger partial charge in [-0.3, -0.25) is 9.48 Å². The molecule has 0 aliphatic rings. The highest BCUT2D eigenvalue weighted by Crippen LogP contribution is 2.06. The number of sulfonamides is 1. The molecule has 1 aromatic heterocycles. The Kier molecular flexibility index (Phi) is 8.75. The van der Waals surface area contributed by atoms with Gasteiger partial charge < -0.3 is 10.6 Å². The molecule has 0 spiro atoms. The highest BCUT2D eigenvalue weighted by Gasteiger charge is 2.14. The Morgan fingerprint density at radius 2 is 2.04 bits per heavy atom. The Labute approximate surface area is 143 Å². The fourth-order valence-electron chi connectivity index (χ4n) is 1.82. The van der Waals surface area contributed by atoms with E-state index in [9.17, 15) is 13.2 Å². The minimum atomic E-state index is -3.76. The third kappa shape index (κ3) is 7.30. The standard InChI is InChI=1S/C13H25N5O3S.ClH/c1-10(2)12(14)4-6-17(3)13(19)5-7-18-9-11(8-16-18)22(15,20)21;/h8-10,12H,4-7,14H2,1-3H3,(H2,15,20,21);1H. The molecule has 1 heterocycles. The molecule has 1 rings (SSSR count). The Morgan fingerprint density at radius 1 is 1.43 bits per heavy atom. The van der Waals surface area contributed by atoms with Gasteiger partial charge in [-0.1, -0.05) is 13.8 Å². The number of primary sulfonamides is 1. The van der Waals surface area contributed by atoms with Crippen LogP contribution in [-0.4, -0.2) is 48.6 Å². The third-order valence-electron chi connectivity index (χ3n) is 3.57. The van der Waals surface area contributed by atoms with Gasteiger partial charge in [0, 0.05) is 38.8 Å². The summed E-state index contributed by atoms with van der Waals surface area (Å²) in [6.07, 6.45) is 3.47. The van der Waals surface area contributed by atoms with Gasteiger partial charge >= 0.3 is 0 Å². The first-order valence-electron chi connectivity index (χ1n) is 7.16. The van der Waals surface area contributed by atoms with E-state index in [1.54, 1.807) is 11.9 Å². The summed E-state index contributed by atoms with van der Waals surface area (Å²) in [5.74, 6) is 0.341. The van der Waals surface area contributed by atoms with E-state index in [1.165, 1.54) is 17.1 Å². The Morgan fingerprint density at radius 3 is 2.52 bits per heavy atom. The van der Waals surface area contributed by atoms with Crippen molar-refractivity contribution in [1.29, 1.82) is 0 Å². The van der Waals surface area contributed by atoms with Gasteiger partial charge in [0.15, 0.2) is 0 Å². The summed E-state index contributed by atoms with van der Waals surface area (Å²) in [6, 6.07) is 0.0682. The number of nitrogens with zero attached hydrogens (tertiary/aromatic N) is 3. The largest absolute Gasteiger partial charge is 0.346 e. The number of aromatic nitrogens is 2. The van der Waals surface area contributed by atoms with E-state index in [0.717, 1.165) is 6.42 Å². The molecule has 1 unspecified atom stereocenters. The van der Waals surface area contributed by atoms with Gasteiger partial charge in [-0.25, -0.2) is 13.6 Å². The minimum absolute atomic E-state index is 0. The zero-order valence-corrected chi connectivity index (χ0v) is 15.3. The average Bonchev–Trinajstić information content (AvgIpc) is 2.90. The predicted octanol–water partition coefficient (Wildman–Crippen LogP) is 0.174. The van der Waals surface area contributed by atoms with Gasteiger partial charge in [0.25, 0.3) is 0 Å². The van der Waals surface area contributed by atoms with Gasteiger partial charge in [-0.2, -0.15) is 5.10 Å². The van der Waals surface area contributed by atoms with E-state index in [1.807, 2.05) is 13.8 Å². The SMILES string of the molecule is CC(C)C(N)CCN(C)C(=O)CCn1cc(S(N)(=O)=O)cn1.Cl. The van der Waals surface area contributed by atoms with E-state index in [4.69, 9.17) is 10.9 Å². The van der Waals surface area contributed by atoms with Crippen LogP contribution in [0.2, 0.25) is 0 Å². The van der Waals surface area contributed by atoms with Crippen LogP contribution in [0.3, 0.4) is 0 Å². The highest BCUT2D eigenvalue weighted by molar-refractivity contribution is 7.89. The summed E-state index contributed by atoms with van der Waals surface area (Å²) >= 11 is 0. The predicted molar refractivity (Wildman–Crippen MR) is 90.5 cm³/mol. The van der Waals surface area contributed by atoms with Gasteiger partial charge in [0.2, 0.25) is 15.9 Å². The number of rotatable bonds is 8. The maximum Gasteiger partial charge on any atom is 0.241 e. The zero-order chi connectivity index (χ0) is 16.9. The second-order valence-corrected chi connectivity index (χ2v) is 7.31. The maximum absolute atomic E-state index is 12.0. The quantitative estimate of drug-likeness (QED) is 0.677. The van der Waals surface area contributed by atoms with Crippen LogP contribution in [0.15, 0.2) is 17.3 Å². The summed E-state index contributed by atoms with van der Waals surface area (Å²) in [5, 5.41) is 8.88. The molecule has 1 amide bonds. The first-order chi connectivity index (χ1) is 10.1. The summed E-state index contributed by atoms with van der Waals surface area (Å²) in [7, 11) is -2.03. The zero-order valence-electron chi connectivity index (χ0n) is 13.7. The van der Waals surface area contributed by atoms with Crippen LogP contribution in [0.25, 0.3) is 0 Å². The lowest BCUT2D eigenvalue weighted by molar-refractivity contribution is -0.130. The molecular weight excluding hydrogens is 342 g/mol. The number of aryl methyl sites for hydroxylation is 1. The topological polar surface area (TPSA) is 124 Å². The van der Waals surface area contributed by atoms with E-state index in [0.29, 0.717) is 19.0 Å². The average molecular weight is 368 g/mol. The fraction of sp³-hybridized carbons (Fsp3) is 0.692. The molecule has 134 valence electrons.